The first-order valence-electron chi connectivity index (χ1n) is 4.63. The number of halogens is 1. The lowest BCUT2D eigenvalue weighted by Gasteiger charge is -2.26. The molecule has 0 unspecified atom stereocenters. The lowest BCUT2D eigenvalue weighted by Crippen LogP contribution is -2.34. The predicted molar refractivity (Wildman–Crippen MR) is 64.0 cm³/mol. The summed E-state index contributed by atoms with van der Waals surface area (Å²) in [6.45, 7) is 0.722. The van der Waals surface area contributed by atoms with Crippen molar-refractivity contribution < 1.29 is 14.5 Å². The molecule has 1 aliphatic rings. The van der Waals surface area contributed by atoms with Crippen LogP contribution < -0.4 is 0 Å². The van der Waals surface area contributed by atoms with Gasteiger partial charge >= 0.3 is 6.09 Å². The highest BCUT2D eigenvalue weighted by Gasteiger charge is 2.25. The van der Waals surface area contributed by atoms with Gasteiger partial charge in [0.05, 0.1) is 4.92 Å². The molecule has 1 fully saturated rings. The fourth-order valence-corrected chi connectivity index (χ4v) is 2.30. The SMILES string of the molecule is O=C(OCCBr)N1CCCS/C1=C\[N+](=O)[O-]. The van der Waals surface area contributed by atoms with Crippen LogP contribution in [0.4, 0.5) is 4.79 Å². The number of carbonyl (C=O) groups is 1. The first kappa shape index (κ1) is 13.3. The summed E-state index contributed by atoms with van der Waals surface area (Å²) in [5.74, 6) is 0.780. The topological polar surface area (TPSA) is 72.7 Å². The van der Waals surface area contributed by atoms with E-state index in [1.807, 2.05) is 0 Å². The molecule has 90 valence electrons. The van der Waals surface area contributed by atoms with Crippen molar-refractivity contribution in [2.75, 3.05) is 24.2 Å². The van der Waals surface area contributed by atoms with Crippen molar-refractivity contribution in [1.29, 1.82) is 0 Å². The summed E-state index contributed by atoms with van der Waals surface area (Å²) in [7, 11) is 0. The number of nitrogens with zero attached hydrogens (tertiary/aromatic N) is 2. The number of rotatable bonds is 3. The molecule has 0 aromatic carbocycles. The van der Waals surface area contributed by atoms with Crippen LogP contribution >= 0.6 is 27.7 Å². The minimum Gasteiger partial charge on any atom is -0.448 e. The van der Waals surface area contributed by atoms with E-state index in [0.717, 1.165) is 18.4 Å². The first-order valence-corrected chi connectivity index (χ1v) is 6.74. The highest BCUT2D eigenvalue weighted by molar-refractivity contribution is 9.09. The molecule has 8 heteroatoms. The first-order chi connectivity index (χ1) is 7.65. The molecule has 1 heterocycles. The third kappa shape index (κ3) is 4.01. The predicted octanol–water partition coefficient (Wildman–Crippen LogP) is 2.03. The zero-order valence-corrected chi connectivity index (χ0v) is 10.8. The molecule has 0 saturated carbocycles. The van der Waals surface area contributed by atoms with Crippen molar-refractivity contribution in [3.05, 3.63) is 21.3 Å². The van der Waals surface area contributed by atoms with Gasteiger partial charge in [-0.15, -0.1) is 11.8 Å². The van der Waals surface area contributed by atoms with Crippen LogP contribution in [-0.2, 0) is 4.74 Å². The summed E-state index contributed by atoms with van der Waals surface area (Å²) in [5, 5.41) is 11.3. The Bertz CT molecular complexity index is 310. The van der Waals surface area contributed by atoms with E-state index >= 15 is 0 Å². The van der Waals surface area contributed by atoms with E-state index in [2.05, 4.69) is 15.9 Å². The molecule has 0 aromatic rings. The standard InChI is InChI=1S/C8H11BrN2O4S/c9-2-4-15-8(12)10-3-1-5-16-7(10)6-11(13)14/h6H,1-5H2/b7-6-. The monoisotopic (exact) mass is 310 g/mol. The van der Waals surface area contributed by atoms with Crippen molar-refractivity contribution in [2.24, 2.45) is 0 Å². The Balaban J connectivity index is 2.66. The Kier molecular flexibility index (Phi) is 5.61. The second kappa shape index (κ2) is 6.74. The molecule has 0 spiro atoms. The average Bonchev–Trinajstić information content (AvgIpc) is 2.26. The molecule has 1 amide bonds. The normalized spacial score (nSPS) is 18.6. The van der Waals surface area contributed by atoms with Crippen molar-refractivity contribution in [1.82, 2.24) is 4.90 Å². The van der Waals surface area contributed by atoms with Crippen LogP contribution in [0.3, 0.4) is 0 Å². The van der Waals surface area contributed by atoms with Crippen molar-refractivity contribution in [3.63, 3.8) is 0 Å². The van der Waals surface area contributed by atoms with Crippen LogP contribution in [0.5, 0.6) is 0 Å². The van der Waals surface area contributed by atoms with E-state index in [4.69, 9.17) is 4.74 Å². The summed E-state index contributed by atoms with van der Waals surface area (Å²) in [4.78, 5) is 22.7. The van der Waals surface area contributed by atoms with Crippen LogP contribution in [0.1, 0.15) is 6.42 Å². The van der Waals surface area contributed by atoms with Gasteiger partial charge in [0.15, 0.2) is 5.03 Å². The summed E-state index contributed by atoms with van der Waals surface area (Å²) in [6.07, 6.45) is 1.13. The number of nitro groups is 1. The lowest BCUT2D eigenvalue weighted by atomic mass is 10.4. The van der Waals surface area contributed by atoms with Gasteiger partial charge in [0.1, 0.15) is 6.61 Å². The van der Waals surface area contributed by atoms with Crippen LogP contribution in [0.15, 0.2) is 11.2 Å². The Morgan fingerprint density at radius 3 is 3.12 bits per heavy atom. The van der Waals surface area contributed by atoms with E-state index in [9.17, 15) is 14.9 Å². The molecule has 1 saturated heterocycles. The van der Waals surface area contributed by atoms with Gasteiger partial charge in [-0.25, -0.2) is 4.79 Å². The van der Waals surface area contributed by atoms with E-state index in [1.165, 1.54) is 16.7 Å². The van der Waals surface area contributed by atoms with Gasteiger partial charge < -0.3 is 4.74 Å². The lowest BCUT2D eigenvalue weighted by molar-refractivity contribution is -0.403. The van der Waals surface area contributed by atoms with Crippen molar-refractivity contribution in [3.8, 4) is 0 Å². The highest BCUT2D eigenvalue weighted by atomic mass is 79.9. The zero-order valence-electron chi connectivity index (χ0n) is 8.43. The molecule has 0 radical (unpaired) electrons. The molecule has 16 heavy (non-hydrogen) atoms. The summed E-state index contributed by atoms with van der Waals surface area (Å²) in [5.41, 5.74) is 0. The third-order valence-electron chi connectivity index (χ3n) is 1.78. The van der Waals surface area contributed by atoms with Gasteiger partial charge in [-0.3, -0.25) is 15.0 Å². The molecule has 6 nitrogen and oxygen atoms in total. The summed E-state index contributed by atoms with van der Waals surface area (Å²) < 4.78 is 4.91. The average molecular weight is 311 g/mol. The minimum absolute atomic E-state index is 0.256. The van der Waals surface area contributed by atoms with Gasteiger partial charge in [0.2, 0.25) is 0 Å². The molecular weight excluding hydrogens is 300 g/mol. The number of alkyl halides is 1. The largest absolute Gasteiger partial charge is 0.448 e. The van der Waals surface area contributed by atoms with Gasteiger partial charge in [-0.05, 0) is 6.42 Å². The molecule has 0 aromatic heterocycles. The second-order valence-electron chi connectivity index (χ2n) is 2.91. The smallest absolute Gasteiger partial charge is 0.414 e. The van der Waals surface area contributed by atoms with Crippen molar-refractivity contribution >= 4 is 33.8 Å². The van der Waals surface area contributed by atoms with Crippen LogP contribution in [0, 0.1) is 10.1 Å². The Labute approximate surface area is 105 Å². The maximum absolute atomic E-state index is 11.6. The number of hydrogen-bond donors (Lipinski definition) is 0. The maximum atomic E-state index is 11.6. The number of thioether (sulfide) groups is 1. The van der Waals surface area contributed by atoms with Gasteiger partial charge in [0, 0.05) is 17.6 Å². The fraction of sp³-hybridized carbons (Fsp3) is 0.625. The van der Waals surface area contributed by atoms with E-state index in [0.29, 0.717) is 16.9 Å². The molecule has 0 N–H and O–H groups in total. The zero-order chi connectivity index (χ0) is 12.0. The second-order valence-corrected chi connectivity index (χ2v) is 4.82. The minimum atomic E-state index is -0.557. The van der Waals surface area contributed by atoms with Crippen LogP contribution in [0.25, 0.3) is 0 Å². The fourth-order valence-electron chi connectivity index (χ4n) is 1.17. The number of amides is 1. The Hall–Kier alpha value is -0.760. The van der Waals surface area contributed by atoms with Gasteiger partial charge in [0.25, 0.3) is 6.20 Å². The van der Waals surface area contributed by atoms with Gasteiger partial charge in [-0.2, -0.15) is 0 Å². The van der Waals surface area contributed by atoms with E-state index in [-0.39, 0.29) is 6.61 Å². The van der Waals surface area contributed by atoms with Gasteiger partial charge in [-0.1, -0.05) is 15.9 Å². The Morgan fingerprint density at radius 1 is 1.75 bits per heavy atom. The van der Waals surface area contributed by atoms with E-state index < -0.39 is 11.0 Å². The summed E-state index contributed by atoms with van der Waals surface area (Å²) >= 11 is 4.43. The number of carbonyl (C=O) groups excluding carboxylic acids is 1. The molecule has 0 atom stereocenters. The molecule has 1 aliphatic heterocycles. The maximum Gasteiger partial charge on any atom is 0.414 e. The molecular formula is C8H11BrN2O4S. The molecule has 0 aliphatic carbocycles. The number of hydrogen-bond acceptors (Lipinski definition) is 5. The highest BCUT2D eigenvalue weighted by Crippen LogP contribution is 2.27. The van der Waals surface area contributed by atoms with Crippen LogP contribution in [0.2, 0.25) is 0 Å². The quantitative estimate of drug-likeness (QED) is 0.453. The van der Waals surface area contributed by atoms with Crippen LogP contribution in [-0.4, -0.2) is 40.2 Å². The van der Waals surface area contributed by atoms with E-state index in [1.54, 1.807) is 0 Å². The molecule has 0 bridgehead atoms. The summed E-state index contributed by atoms with van der Waals surface area (Å²) in [6, 6.07) is 0. The Morgan fingerprint density at radius 2 is 2.50 bits per heavy atom. The third-order valence-corrected chi connectivity index (χ3v) is 3.22. The van der Waals surface area contributed by atoms with Crippen molar-refractivity contribution in [2.45, 2.75) is 6.42 Å². The molecule has 1 rings (SSSR count). The number of ether oxygens (including phenoxy) is 1.